The Bertz CT molecular complexity index is 369. The summed E-state index contributed by atoms with van der Waals surface area (Å²) in [6, 6.07) is 0. The van der Waals surface area contributed by atoms with Crippen LogP contribution in [0.5, 0.6) is 0 Å². The number of hydrogen-bond acceptors (Lipinski definition) is 1. The van der Waals surface area contributed by atoms with Crippen molar-refractivity contribution in [3.05, 3.63) is 12.2 Å². The molecule has 0 radical (unpaired) electrons. The maximum Gasteiger partial charge on any atom is 0.429 e. The molecule has 2 rings (SSSR count). The van der Waals surface area contributed by atoms with E-state index < -0.39 is 41.9 Å². The molecule has 0 heterocycles. The molecule has 0 spiro atoms. The lowest BCUT2D eigenvalue weighted by atomic mass is 9.74. The summed E-state index contributed by atoms with van der Waals surface area (Å²) in [4.78, 5) is 0. The highest BCUT2D eigenvalue weighted by Gasteiger charge is 2.83. The number of rotatable bonds is 1. The van der Waals surface area contributed by atoms with Crippen molar-refractivity contribution in [3.63, 3.8) is 0 Å². The predicted octanol–water partition coefficient (Wildman–Crippen LogP) is 3.15. The molecule has 1 saturated carbocycles. The minimum atomic E-state index is -6.11. The Morgan fingerprint density at radius 2 is 1.50 bits per heavy atom. The van der Waals surface area contributed by atoms with Crippen molar-refractivity contribution >= 4 is 0 Å². The molecule has 2 aliphatic carbocycles. The molecule has 0 saturated heterocycles. The summed E-state index contributed by atoms with van der Waals surface area (Å²) in [5.74, 6) is -2.24. The molecule has 2 bridgehead atoms. The molecule has 0 unspecified atom stereocenters. The second-order valence-corrected chi connectivity index (χ2v) is 4.76. The van der Waals surface area contributed by atoms with Crippen molar-refractivity contribution in [2.24, 2.45) is 11.8 Å². The van der Waals surface area contributed by atoms with Crippen LogP contribution in [-0.4, -0.2) is 28.7 Å². The van der Waals surface area contributed by atoms with Gasteiger partial charge in [-0.25, -0.2) is 4.39 Å². The molecular weight excluding hydrogens is 269 g/mol. The Hall–Kier alpha value is -0.790. The van der Waals surface area contributed by atoms with Crippen LogP contribution in [0.3, 0.4) is 0 Å². The van der Waals surface area contributed by atoms with E-state index >= 15 is 0 Å². The molecule has 0 aromatic heterocycles. The van der Waals surface area contributed by atoms with Gasteiger partial charge in [-0.1, -0.05) is 12.2 Å². The standard InChI is InChI=1S/C10H9F7O/c11-7(4-5-1-2-6(7)3-5)8(18,9(12,13)14)10(15,16)17/h1-2,5-6,18H,3-4H2/t5-,6+,7-/m0/s1. The van der Waals surface area contributed by atoms with Crippen LogP contribution < -0.4 is 0 Å². The topological polar surface area (TPSA) is 20.2 Å². The summed E-state index contributed by atoms with van der Waals surface area (Å²) in [6.07, 6.45) is -11.0. The van der Waals surface area contributed by atoms with Crippen LogP contribution in [-0.2, 0) is 0 Å². The van der Waals surface area contributed by atoms with Gasteiger partial charge in [-0.05, 0) is 18.8 Å². The van der Waals surface area contributed by atoms with Crippen molar-refractivity contribution in [2.75, 3.05) is 0 Å². The Morgan fingerprint density at radius 1 is 1.00 bits per heavy atom. The first kappa shape index (κ1) is 13.6. The first-order chi connectivity index (χ1) is 7.93. The van der Waals surface area contributed by atoms with Crippen LogP contribution in [0.1, 0.15) is 12.8 Å². The lowest BCUT2D eigenvalue weighted by molar-refractivity contribution is -0.406. The first-order valence-corrected chi connectivity index (χ1v) is 5.16. The van der Waals surface area contributed by atoms with Gasteiger partial charge >= 0.3 is 12.4 Å². The Balaban J connectivity index is 2.53. The van der Waals surface area contributed by atoms with Gasteiger partial charge in [-0.2, -0.15) is 26.3 Å². The number of halogens is 7. The van der Waals surface area contributed by atoms with E-state index in [9.17, 15) is 30.7 Å². The SMILES string of the molecule is OC(C(F)(F)F)(C(F)(F)F)[C@]1(F)C[C@H]2C=C[C@@H]1C2. The summed E-state index contributed by atoms with van der Waals surface area (Å²) in [6.45, 7) is 0. The highest BCUT2D eigenvalue weighted by Crippen LogP contribution is 2.61. The largest absolute Gasteiger partial charge is 0.429 e. The molecule has 2 aliphatic rings. The molecule has 0 aliphatic heterocycles. The predicted molar refractivity (Wildman–Crippen MR) is 46.3 cm³/mol. The van der Waals surface area contributed by atoms with E-state index in [0.717, 1.165) is 6.08 Å². The molecule has 0 aromatic rings. The van der Waals surface area contributed by atoms with E-state index in [1.165, 1.54) is 6.08 Å². The van der Waals surface area contributed by atoms with Gasteiger partial charge in [-0.15, -0.1) is 0 Å². The third kappa shape index (κ3) is 1.44. The Morgan fingerprint density at radius 3 is 1.78 bits per heavy atom. The number of alkyl halides is 7. The van der Waals surface area contributed by atoms with Crippen molar-refractivity contribution in [3.8, 4) is 0 Å². The van der Waals surface area contributed by atoms with Gasteiger partial charge in [0, 0.05) is 5.92 Å². The average molecular weight is 278 g/mol. The Labute approximate surface area is 97.3 Å². The quantitative estimate of drug-likeness (QED) is 0.577. The molecule has 18 heavy (non-hydrogen) atoms. The number of hydrogen-bond donors (Lipinski definition) is 1. The second kappa shape index (κ2) is 3.40. The molecule has 104 valence electrons. The molecule has 1 fully saturated rings. The zero-order valence-corrected chi connectivity index (χ0v) is 8.82. The molecule has 1 nitrogen and oxygen atoms in total. The molecular formula is C10H9F7O. The summed E-state index contributed by atoms with van der Waals surface area (Å²) in [7, 11) is 0. The summed E-state index contributed by atoms with van der Waals surface area (Å²) in [5, 5.41) is 9.11. The zero-order valence-electron chi connectivity index (χ0n) is 8.82. The van der Waals surface area contributed by atoms with Gasteiger partial charge < -0.3 is 5.11 Å². The van der Waals surface area contributed by atoms with Crippen LogP contribution in [0.4, 0.5) is 30.7 Å². The van der Waals surface area contributed by atoms with E-state index in [0.29, 0.717) is 0 Å². The number of aliphatic hydroxyl groups is 1. The molecule has 0 aromatic carbocycles. The summed E-state index contributed by atoms with van der Waals surface area (Å²) in [5.41, 5.74) is -9.07. The Kier molecular flexibility index (Phi) is 2.58. The van der Waals surface area contributed by atoms with Crippen molar-refractivity contribution < 1.29 is 35.8 Å². The zero-order chi connectivity index (χ0) is 14.0. The van der Waals surface area contributed by atoms with Gasteiger partial charge in [0.05, 0.1) is 0 Å². The van der Waals surface area contributed by atoms with Gasteiger partial charge in [0.1, 0.15) is 0 Å². The fraction of sp³-hybridized carbons (Fsp3) is 0.800. The van der Waals surface area contributed by atoms with Crippen molar-refractivity contribution in [1.82, 2.24) is 0 Å². The van der Waals surface area contributed by atoms with Crippen LogP contribution in [0, 0.1) is 11.8 Å². The van der Waals surface area contributed by atoms with Crippen molar-refractivity contribution in [1.29, 1.82) is 0 Å². The third-order valence-electron chi connectivity index (χ3n) is 3.74. The summed E-state index contributed by atoms with van der Waals surface area (Å²) < 4.78 is 89.8. The van der Waals surface area contributed by atoms with Crippen LogP contribution >= 0.6 is 0 Å². The van der Waals surface area contributed by atoms with E-state index in [4.69, 9.17) is 5.11 Å². The molecule has 8 heteroatoms. The molecule has 1 N–H and O–H groups in total. The van der Waals surface area contributed by atoms with E-state index in [1.54, 1.807) is 0 Å². The highest BCUT2D eigenvalue weighted by molar-refractivity contribution is 5.25. The minimum absolute atomic E-state index is 0.134. The maximum absolute atomic E-state index is 14.3. The number of fused-ring (bicyclic) bond motifs is 2. The maximum atomic E-state index is 14.3. The van der Waals surface area contributed by atoms with Crippen molar-refractivity contribution in [2.45, 2.75) is 36.5 Å². The normalized spacial score (nSPS) is 36.4. The summed E-state index contributed by atoms with van der Waals surface area (Å²) >= 11 is 0. The highest BCUT2D eigenvalue weighted by atomic mass is 19.4. The average Bonchev–Trinajstić information content (AvgIpc) is 2.72. The van der Waals surface area contributed by atoms with Gasteiger partial charge in [0.2, 0.25) is 0 Å². The van der Waals surface area contributed by atoms with Gasteiger partial charge in [0.15, 0.2) is 5.67 Å². The van der Waals surface area contributed by atoms with E-state index in [2.05, 4.69) is 0 Å². The fourth-order valence-corrected chi connectivity index (χ4v) is 2.85. The van der Waals surface area contributed by atoms with E-state index in [1.807, 2.05) is 0 Å². The van der Waals surface area contributed by atoms with Crippen LogP contribution in [0.15, 0.2) is 12.2 Å². The molecule has 3 atom stereocenters. The van der Waals surface area contributed by atoms with Gasteiger partial charge in [-0.3, -0.25) is 0 Å². The van der Waals surface area contributed by atoms with Crippen LogP contribution in [0.2, 0.25) is 0 Å². The fourth-order valence-electron chi connectivity index (χ4n) is 2.85. The minimum Gasteiger partial charge on any atom is -0.371 e. The van der Waals surface area contributed by atoms with E-state index in [-0.39, 0.29) is 6.42 Å². The number of allylic oxidation sites excluding steroid dienone is 2. The third-order valence-corrected chi connectivity index (χ3v) is 3.74. The smallest absolute Gasteiger partial charge is 0.371 e. The van der Waals surface area contributed by atoms with Crippen LogP contribution in [0.25, 0.3) is 0 Å². The monoisotopic (exact) mass is 278 g/mol. The lowest BCUT2D eigenvalue weighted by Gasteiger charge is -2.44. The molecule has 0 amide bonds. The van der Waals surface area contributed by atoms with Gasteiger partial charge in [0.25, 0.3) is 5.60 Å². The second-order valence-electron chi connectivity index (χ2n) is 4.76. The lowest BCUT2D eigenvalue weighted by Crippen LogP contribution is -2.70. The first-order valence-electron chi connectivity index (χ1n) is 5.16.